The van der Waals surface area contributed by atoms with Crippen molar-refractivity contribution in [3.8, 4) is 11.3 Å². The molecule has 0 aliphatic heterocycles. The number of fused-ring (bicyclic) bond motifs is 1. The first-order valence-electron chi connectivity index (χ1n) is 6.79. The van der Waals surface area contributed by atoms with Gasteiger partial charge in [-0.15, -0.1) is 0 Å². The molecule has 7 heteroatoms. The number of aromatic amines is 1. The van der Waals surface area contributed by atoms with Crippen molar-refractivity contribution in [1.82, 2.24) is 24.7 Å². The highest BCUT2D eigenvalue weighted by atomic mass is 16.3. The standard InChI is InChI=1S/C14H14N5O2/c20-11-2-1-10(13(11)21)19-6-8(5-18-19)12-9-3-4-15-14(9)17-7-16-12/h3-7,11,13,20-21H,1-2H2,(H,15,16,17). The maximum atomic E-state index is 9.95. The van der Waals surface area contributed by atoms with Crippen LogP contribution >= 0.6 is 0 Å². The molecule has 1 radical (unpaired) electrons. The zero-order chi connectivity index (χ0) is 14.4. The molecular formula is C14H14N5O2. The first kappa shape index (κ1) is 12.5. The molecule has 0 aromatic carbocycles. The van der Waals surface area contributed by atoms with E-state index in [1.807, 2.05) is 18.5 Å². The number of nitrogens with one attached hydrogen (secondary N) is 1. The van der Waals surface area contributed by atoms with Crippen molar-refractivity contribution in [3.05, 3.63) is 37.0 Å². The smallest absolute Gasteiger partial charge is 0.141 e. The largest absolute Gasteiger partial charge is 0.390 e. The molecule has 3 aromatic rings. The Morgan fingerprint density at radius 2 is 2.19 bits per heavy atom. The van der Waals surface area contributed by atoms with E-state index >= 15 is 0 Å². The Balaban J connectivity index is 1.73. The van der Waals surface area contributed by atoms with E-state index in [1.54, 1.807) is 10.9 Å². The van der Waals surface area contributed by atoms with Crippen LogP contribution in [0, 0.1) is 6.04 Å². The van der Waals surface area contributed by atoms with Crippen molar-refractivity contribution in [3.63, 3.8) is 0 Å². The molecule has 3 aromatic heterocycles. The molecule has 2 atom stereocenters. The van der Waals surface area contributed by atoms with Crippen LogP contribution in [0.1, 0.15) is 12.8 Å². The van der Waals surface area contributed by atoms with Crippen molar-refractivity contribution in [2.24, 2.45) is 0 Å². The van der Waals surface area contributed by atoms with Gasteiger partial charge in [-0.25, -0.2) is 9.97 Å². The van der Waals surface area contributed by atoms with E-state index in [0.717, 1.165) is 22.3 Å². The molecule has 0 amide bonds. The molecular weight excluding hydrogens is 270 g/mol. The molecule has 1 aliphatic carbocycles. The highest BCUT2D eigenvalue weighted by Crippen LogP contribution is 2.31. The lowest BCUT2D eigenvalue weighted by atomic mass is 10.2. The Hall–Kier alpha value is -2.25. The Labute approximate surface area is 120 Å². The van der Waals surface area contributed by atoms with E-state index in [2.05, 4.69) is 20.1 Å². The van der Waals surface area contributed by atoms with Gasteiger partial charge in [0.25, 0.3) is 0 Å². The van der Waals surface area contributed by atoms with Crippen LogP contribution in [0.5, 0.6) is 0 Å². The monoisotopic (exact) mass is 284 g/mol. The topological polar surface area (TPSA) is 99.8 Å². The Morgan fingerprint density at radius 3 is 3.00 bits per heavy atom. The number of aliphatic hydroxyl groups excluding tert-OH is 2. The summed E-state index contributed by atoms with van der Waals surface area (Å²) in [7, 11) is 0. The minimum absolute atomic E-state index is 0.557. The molecule has 3 heterocycles. The summed E-state index contributed by atoms with van der Waals surface area (Å²) in [6.45, 7) is 0. The molecule has 0 saturated heterocycles. The molecule has 3 N–H and O–H groups in total. The number of rotatable bonds is 2. The van der Waals surface area contributed by atoms with Crippen LogP contribution in [0.3, 0.4) is 0 Å². The Morgan fingerprint density at radius 1 is 1.29 bits per heavy atom. The fourth-order valence-corrected chi connectivity index (χ4v) is 2.78. The third-order valence-corrected chi connectivity index (χ3v) is 3.91. The number of H-pyrrole nitrogens is 1. The quantitative estimate of drug-likeness (QED) is 0.644. The minimum atomic E-state index is -0.851. The molecule has 1 saturated carbocycles. The fraction of sp³-hybridized carbons (Fsp3) is 0.286. The summed E-state index contributed by atoms with van der Waals surface area (Å²) in [6.07, 6.45) is 6.49. The summed E-state index contributed by atoms with van der Waals surface area (Å²) in [5.41, 5.74) is 2.42. The predicted octanol–water partition coefficient (Wildman–Crippen LogP) is 0.717. The summed E-state index contributed by atoms with van der Waals surface area (Å²) < 4.78 is 1.64. The third kappa shape index (κ3) is 1.93. The number of hydrogen-bond donors (Lipinski definition) is 3. The third-order valence-electron chi connectivity index (χ3n) is 3.91. The van der Waals surface area contributed by atoms with Crippen molar-refractivity contribution in [1.29, 1.82) is 0 Å². The van der Waals surface area contributed by atoms with Gasteiger partial charge in [-0.3, -0.25) is 4.68 Å². The molecule has 2 unspecified atom stereocenters. The zero-order valence-electron chi connectivity index (χ0n) is 11.1. The summed E-state index contributed by atoms with van der Waals surface area (Å²) in [5, 5.41) is 24.8. The number of aliphatic hydroxyl groups is 2. The van der Waals surface area contributed by atoms with Crippen LogP contribution in [0.25, 0.3) is 22.3 Å². The molecule has 0 spiro atoms. The van der Waals surface area contributed by atoms with Gasteiger partial charge in [-0.2, -0.15) is 5.10 Å². The maximum absolute atomic E-state index is 9.95. The second-order valence-electron chi connectivity index (χ2n) is 5.18. The molecule has 107 valence electrons. The normalized spacial score (nSPS) is 23.1. The van der Waals surface area contributed by atoms with Crippen LogP contribution in [-0.4, -0.2) is 47.2 Å². The first-order valence-corrected chi connectivity index (χ1v) is 6.79. The van der Waals surface area contributed by atoms with Gasteiger partial charge >= 0.3 is 0 Å². The lowest BCUT2D eigenvalue weighted by Gasteiger charge is -2.15. The Bertz CT molecular complexity index is 780. The van der Waals surface area contributed by atoms with Gasteiger partial charge in [-0.05, 0) is 18.9 Å². The van der Waals surface area contributed by atoms with Gasteiger partial charge in [0.2, 0.25) is 0 Å². The SMILES string of the molecule is OC1CC[C](n2cc(-c3ncnc4[nH]ccc34)cn2)C1O. The second kappa shape index (κ2) is 4.64. The van der Waals surface area contributed by atoms with Crippen LogP contribution in [0.2, 0.25) is 0 Å². The average Bonchev–Trinajstić information content (AvgIpc) is 3.20. The van der Waals surface area contributed by atoms with Gasteiger partial charge in [0.05, 0.1) is 18.0 Å². The van der Waals surface area contributed by atoms with Gasteiger partial charge in [0.15, 0.2) is 0 Å². The Kier molecular flexibility index (Phi) is 2.76. The van der Waals surface area contributed by atoms with Gasteiger partial charge in [0, 0.05) is 23.3 Å². The van der Waals surface area contributed by atoms with Crippen molar-refractivity contribution >= 4 is 11.0 Å². The molecule has 21 heavy (non-hydrogen) atoms. The van der Waals surface area contributed by atoms with E-state index in [4.69, 9.17) is 0 Å². The van der Waals surface area contributed by atoms with Crippen LogP contribution in [0.15, 0.2) is 31.0 Å². The van der Waals surface area contributed by atoms with E-state index < -0.39 is 12.2 Å². The van der Waals surface area contributed by atoms with Gasteiger partial charge in [-0.1, -0.05) is 0 Å². The fourth-order valence-electron chi connectivity index (χ4n) is 2.78. The lowest BCUT2D eigenvalue weighted by molar-refractivity contribution is 0.0471. The summed E-state index contributed by atoms with van der Waals surface area (Å²) >= 11 is 0. The van der Waals surface area contributed by atoms with Crippen LogP contribution in [0.4, 0.5) is 0 Å². The van der Waals surface area contributed by atoms with Gasteiger partial charge in [0.1, 0.15) is 24.1 Å². The van der Waals surface area contributed by atoms with Crippen molar-refractivity contribution < 1.29 is 10.2 Å². The van der Waals surface area contributed by atoms with Crippen molar-refractivity contribution in [2.45, 2.75) is 25.0 Å². The van der Waals surface area contributed by atoms with Crippen molar-refractivity contribution in [2.75, 3.05) is 0 Å². The lowest BCUT2D eigenvalue weighted by Crippen LogP contribution is -2.28. The van der Waals surface area contributed by atoms with E-state index in [-0.39, 0.29) is 0 Å². The molecule has 7 nitrogen and oxygen atoms in total. The molecule has 1 aliphatic rings. The summed E-state index contributed by atoms with van der Waals surface area (Å²) in [4.78, 5) is 11.5. The van der Waals surface area contributed by atoms with Crippen LogP contribution in [-0.2, 0) is 0 Å². The number of aromatic nitrogens is 5. The number of nitrogens with zero attached hydrogens (tertiary/aromatic N) is 4. The highest BCUT2D eigenvalue weighted by Gasteiger charge is 2.36. The first-order chi connectivity index (χ1) is 10.2. The zero-order valence-corrected chi connectivity index (χ0v) is 11.1. The van der Waals surface area contributed by atoms with E-state index in [9.17, 15) is 10.2 Å². The maximum Gasteiger partial charge on any atom is 0.141 e. The van der Waals surface area contributed by atoms with E-state index in [0.29, 0.717) is 18.9 Å². The summed E-state index contributed by atoms with van der Waals surface area (Å²) in [5.74, 6) is 0. The number of hydrogen-bond acceptors (Lipinski definition) is 5. The van der Waals surface area contributed by atoms with Crippen LogP contribution < -0.4 is 0 Å². The summed E-state index contributed by atoms with van der Waals surface area (Å²) in [6, 6.07) is 2.64. The highest BCUT2D eigenvalue weighted by molar-refractivity contribution is 5.89. The second-order valence-corrected chi connectivity index (χ2v) is 5.18. The predicted molar refractivity (Wildman–Crippen MR) is 75.0 cm³/mol. The van der Waals surface area contributed by atoms with E-state index in [1.165, 1.54) is 6.33 Å². The average molecular weight is 284 g/mol. The van der Waals surface area contributed by atoms with Gasteiger partial charge < -0.3 is 15.2 Å². The molecule has 4 rings (SSSR count). The molecule has 0 bridgehead atoms. The molecule has 1 fully saturated rings. The minimum Gasteiger partial charge on any atom is -0.390 e.